The predicted octanol–water partition coefficient (Wildman–Crippen LogP) is 2.74. The van der Waals surface area contributed by atoms with Gasteiger partial charge in [0.25, 0.3) is 5.91 Å². The summed E-state index contributed by atoms with van der Waals surface area (Å²) in [6, 6.07) is 10.3. The SMILES string of the molecule is NC(=O)c1ccccc1Oc1ncccc1Br. The number of hydrogen-bond acceptors (Lipinski definition) is 3. The Bertz CT molecular complexity index is 558. The highest BCUT2D eigenvalue weighted by Crippen LogP contribution is 2.28. The van der Waals surface area contributed by atoms with Gasteiger partial charge in [-0.25, -0.2) is 4.98 Å². The number of hydrogen-bond donors (Lipinski definition) is 1. The minimum atomic E-state index is -0.535. The lowest BCUT2D eigenvalue weighted by molar-refractivity contribution is 0.0998. The molecule has 0 aliphatic carbocycles. The maximum Gasteiger partial charge on any atom is 0.252 e. The highest BCUT2D eigenvalue weighted by molar-refractivity contribution is 9.10. The molecule has 0 saturated carbocycles. The van der Waals surface area contributed by atoms with E-state index in [9.17, 15) is 4.79 Å². The van der Waals surface area contributed by atoms with E-state index in [-0.39, 0.29) is 0 Å². The minimum absolute atomic E-state index is 0.324. The Labute approximate surface area is 107 Å². The molecule has 0 aliphatic rings. The number of carbonyl (C=O) groups excluding carboxylic acids is 1. The molecule has 2 rings (SSSR count). The molecule has 2 N–H and O–H groups in total. The van der Waals surface area contributed by atoms with Crippen molar-refractivity contribution in [2.45, 2.75) is 0 Å². The molecule has 1 amide bonds. The second-order valence-corrected chi connectivity index (χ2v) is 4.11. The largest absolute Gasteiger partial charge is 0.437 e. The van der Waals surface area contributed by atoms with Gasteiger partial charge in [-0.05, 0) is 40.2 Å². The smallest absolute Gasteiger partial charge is 0.252 e. The van der Waals surface area contributed by atoms with E-state index >= 15 is 0 Å². The molecule has 0 atom stereocenters. The highest BCUT2D eigenvalue weighted by atomic mass is 79.9. The van der Waals surface area contributed by atoms with Crippen molar-refractivity contribution in [1.29, 1.82) is 0 Å². The van der Waals surface area contributed by atoms with Crippen LogP contribution in [0.5, 0.6) is 11.6 Å². The Morgan fingerprint density at radius 2 is 2.00 bits per heavy atom. The molecule has 0 unspecified atom stereocenters. The van der Waals surface area contributed by atoms with Crippen LogP contribution >= 0.6 is 15.9 Å². The lowest BCUT2D eigenvalue weighted by Gasteiger charge is -2.08. The highest BCUT2D eigenvalue weighted by Gasteiger charge is 2.11. The molecule has 0 bridgehead atoms. The number of nitrogens with two attached hydrogens (primary N) is 1. The van der Waals surface area contributed by atoms with Gasteiger partial charge >= 0.3 is 0 Å². The van der Waals surface area contributed by atoms with E-state index in [1.807, 2.05) is 0 Å². The molecule has 17 heavy (non-hydrogen) atoms. The lowest BCUT2D eigenvalue weighted by atomic mass is 10.2. The monoisotopic (exact) mass is 292 g/mol. The number of primary amides is 1. The Hall–Kier alpha value is -1.88. The van der Waals surface area contributed by atoms with Crippen LogP contribution in [0.25, 0.3) is 0 Å². The van der Waals surface area contributed by atoms with Crippen molar-refractivity contribution >= 4 is 21.8 Å². The quantitative estimate of drug-likeness (QED) is 0.946. The van der Waals surface area contributed by atoms with E-state index in [4.69, 9.17) is 10.5 Å². The summed E-state index contributed by atoms with van der Waals surface area (Å²) in [7, 11) is 0. The number of carbonyl (C=O) groups is 1. The lowest BCUT2D eigenvalue weighted by Crippen LogP contribution is -2.12. The standard InChI is InChI=1S/C12H9BrN2O2/c13-9-5-3-7-15-12(9)17-10-6-2-1-4-8(10)11(14)16/h1-7H,(H2,14,16). The van der Waals surface area contributed by atoms with Gasteiger partial charge in [0.05, 0.1) is 10.0 Å². The second-order valence-electron chi connectivity index (χ2n) is 3.25. The van der Waals surface area contributed by atoms with Gasteiger partial charge in [0.1, 0.15) is 5.75 Å². The Kier molecular flexibility index (Phi) is 3.39. The molecule has 0 saturated heterocycles. The summed E-state index contributed by atoms with van der Waals surface area (Å²) < 4.78 is 6.25. The first-order chi connectivity index (χ1) is 8.18. The van der Waals surface area contributed by atoms with Crippen LogP contribution in [0.15, 0.2) is 47.1 Å². The number of pyridine rings is 1. The maximum absolute atomic E-state index is 11.2. The topological polar surface area (TPSA) is 65.2 Å². The van der Waals surface area contributed by atoms with E-state index in [0.717, 1.165) is 0 Å². The average molecular weight is 293 g/mol. The van der Waals surface area contributed by atoms with Crippen LogP contribution in [0, 0.1) is 0 Å². The molecular weight excluding hydrogens is 284 g/mol. The van der Waals surface area contributed by atoms with Gasteiger partial charge in [-0.3, -0.25) is 4.79 Å². The normalized spacial score (nSPS) is 9.94. The zero-order valence-corrected chi connectivity index (χ0v) is 10.3. The molecule has 5 heteroatoms. The Morgan fingerprint density at radius 3 is 2.71 bits per heavy atom. The van der Waals surface area contributed by atoms with Crippen LogP contribution in [0.3, 0.4) is 0 Å². The van der Waals surface area contributed by atoms with Crippen molar-refractivity contribution in [1.82, 2.24) is 4.98 Å². The first-order valence-electron chi connectivity index (χ1n) is 4.85. The van der Waals surface area contributed by atoms with Gasteiger partial charge in [0, 0.05) is 6.20 Å². The van der Waals surface area contributed by atoms with Gasteiger partial charge in [0.2, 0.25) is 5.88 Å². The van der Waals surface area contributed by atoms with Gasteiger partial charge < -0.3 is 10.5 Å². The van der Waals surface area contributed by atoms with Crippen molar-refractivity contribution in [3.8, 4) is 11.6 Å². The average Bonchev–Trinajstić information content (AvgIpc) is 2.32. The summed E-state index contributed by atoms with van der Waals surface area (Å²) in [5.74, 6) is 0.244. The summed E-state index contributed by atoms with van der Waals surface area (Å²) in [5.41, 5.74) is 5.58. The van der Waals surface area contributed by atoms with Gasteiger partial charge in [-0.1, -0.05) is 12.1 Å². The number of aromatic nitrogens is 1. The van der Waals surface area contributed by atoms with Gasteiger partial charge in [-0.2, -0.15) is 0 Å². The fourth-order valence-corrected chi connectivity index (χ4v) is 1.65. The van der Waals surface area contributed by atoms with Crippen molar-refractivity contribution < 1.29 is 9.53 Å². The molecule has 1 heterocycles. The van der Waals surface area contributed by atoms with Crippen LogP contribution in [-0.2, 0) is 0 Å². The molecule has 2 aromatic rings. The predicted molar refractivity (Wildman–Crippen MR) is 67.0 cm³/mol. The molecular formula is C12H9BrN2O2. The molecule has 0 aliphatic heterocycles. The first kappa shape index (κ1) is 11.6. The molecule has 1 aromatic carbocycles. The number of amides is 1. The molecule has 0 spiro atoms. The fraction of sp³-hybridized carbons (Fsp3) is 0. The van der Waals surface area contributed by atoms with Crippen LogP contribution in [-0.4, -0.2) is 10.9 Å². The number of nitrogens with zero attached hydrogens (tertiary/aromatic N) is 1. The number of rotatable bonds is 3. The van der Waals surface area contributed by atoms with E-state index in [0.29, 0.717) is 21.7 Å². The van der Waals surface area contributed by atoms with Crippen molar-refractivity contribution in [3.63, 3.8) is 0 Å². The number of ether oxygens (including phenoxy) is 1. The number of para-hydroxylation sites is 1. The van der Waals surface area contributed by atoms with Crippen molar-refractivity contribution in [2.24, 2.45) is 5.73 Å². The van der Waals surface area contributed by atoms with Crippen LogP contribution in [0.4, 0.5) is 0 Å². The van der Waals surface area contributed by atoms with Crippen LogP contribution in [0.2, 0.25) is 0 Å². The zero-order chi connectivity index (χ0) is 12.3. The third kappa shape index (κ3) is 2.62. The van der Waals surface area contributed by atoms with E-state index in [1.54, 1.807) is 42.6 Å². The molecule has 0 radical (unpaired) electrons. The number of halogens is 1. The summed E-state index contributed by atoms with van der Waals surface area (Å²) in [4.78, 5) is 15.3. The minimum Gasteiger partial charge on any atom is -0.437 e. The fourth-order valence-electron chi connectivity index (χ4n) is 1.31. The van der Waals surface area contributed by atoms with E-state index in [2.05, 4.69) is 20.9 Å². The van der Waals surface area contributed by atoms with Gasteiger partial charge in [0.15, 0.2) is 0 Å². The van der Waals surface area contributed by atoms with E-state index in [1.165, 1.54) is 0 Å². The third-order valence-electron chi connectivity index (χ3n) is 2.08. The van der Waals surface area contributed by atoms with Gasteiger partial charge in [-0.15, -0.1) is 0 Å². The molecule has 1 aromatic heterocycles. The first-order valence-corrected chi connectivity index (χ1v) is 5.65. The van der Waals surface area contributed by atoms with Crippen molar-refractivity contribution in [3.05, 3.63) is 52.6 Å². The van der Waals surface area contributed by atoms with E-state index < -0.39 is 5.91 Å². The Morgan fingerprint density at radius 1 is 1.24 bits per heavy atom. The van der Waals surface area contributed by atoms with Crippen LogP contribution in [0.1, 0.15) is 10.4 Å². The van der Waals surface area contributed by atoms with Crippen molar-refractivity contribution in [2.75, 3.05) is 0 Å². The summed E-state index contributed by atoms with van der Waals surface area (Å²) >= 11 is 3.31. The molecule has 86 valence electrons. The summed E-state index contributed by atoms with van der Waals surface area (Å²) in [5, 5.41) is 0. The zero-order valence-electron chi connectivity index (χ0n) is 8.76. The Balaban J connectivity index is 2.37. The molecule has 0 fully saturated rings. The molecule has 4 nitrogen and oxygen atoms in total. The second kappa shape index (κ2) is 4.97. The van der Waals surface area contributed by atoms with Crippen LogP contribution < -0.4 is 10.5 Å². The number of benzene rings is 1. The third-order valence-corrected chi connectivity index (χ3v) is 2.69. The summed E-state index contributed by atoms with van der Waals surface area (Å²) in [6.45, 7) is 0. The summed E-state index contributed by atoms with van der Waals surface area (Å²) in [6.07, 6.45) is 1.60. The maximum atomic E-state index is 11.2.